The first-order valence-electron chi connectivity index (χ1n) is 6.09. The summed E-state index contributed by atoms with van der Waals surface area (Å²) in [5.41, 5.74) is 0.650. The number of hydrogen-bond donors (Lipinski definition) is 1. The molecule has 2 amide bonds. The van der Waals surface area contributed by atoms with Crippen molar-refractivity contribution in [3.8, 4) is 0 Å². The van der Waals surface area contributed by atoms with E-state index < -0.39 is 5.60 Å². The van der Waals surface area contributed by atoms with Crippen LogP contribution < -0.4 is 5.32 Å². The Hall–Kier alpha value is -1.54. The highest BCUT2D eigenvalue weighted by Gasteiger charge is 2.44. The van der Waals surface area contributed by atoms with E-state index in [1.165, 1.54) is 0 Å². The number of aryl methyl sites for hydroxylation is 1. The van der Waals surface area contributed by atoms with Crippen LogP contribution >= 0.6 is 11.7 Å². The Morgan fingerprint density at radius 1 is 1.53 bits per heavy atom. The molecule has 2 aliphatic rings. The summed E-state index contributed by atoms with van der Waals surface area (Å²) in [6, 6.07) is 0. The number of rotatable bonds is 1. The van der Waals surface area contributed by atoms with Crippen molar-refractivity contribution in [2.24, 2.45) is 0 Å². The van der Waals surface area contributed by atoms with Gasteiger partial charge in [0, 0.05) is 13.1 Å². The Kier molecular flexibility index (Phi) is 2.98. The van der Waals surface area contributed by atoms with Crippen LogP contribution in [0.25, 0.3) is 0 Å². The van der Waals surface area contributed by atoms with Gasteiger partial charge in [0.05, 0.1) is 24.0 Å². The standard InChI is InChI=1S/C11H14N4O3S/c1-7-9(14-19-13-7)10(17)15-3-2-11(6-15)5-12-8(16)4-18-11/h2-6H2,1H3,(H,12,16). The lowest BCUT2D eigenvalue weighted by Crippen LogP contribution is -2.54. The quantitative estimate of drug-likeness (QED) is 0.756. The van der Waals surface area contributed by atoms with Crippen molar-refractivity contribution in [2.75, 3.05) is 26.2 Å². The molecule has 7 nitrogen and oxygen atoms in total. The number of carbonyl (C=O) groups excluding carboxylic acids is 2. The summed E-state index contributed by atoms with van der Waals surface area (Å²) in [6.07, 6.45) is 0.732. The average molecular weight is 282 g/mol. The Morgan fingerprint density at radius 3 is 3.00 bits per heavy atom. The van der Waals surface area contributed by atoms with Gasteiger partial charge in [-0.3, -0.25) is 9.59 Å². The van der Waals surface area contributed by atoms with Crippen molar-refractivity contribution in [1.82, 2.24) is 19.0 Å². The molecule has 0 saturated carbocycles. The molecule has 1 spiro atoms. The maximum atomic E-state index is 12.3. The number of carbonyl (C=O) groups is 2. The molecule has 2 saturated heterocycles. The van der Waals surface area contributed by atoms with Crippen LogP contribution in [0.3, 0.4) is 0 Å². The molecule has 1 N–H and O–H groups in total. The molecule has 3 rings (SSSR count). The zero-order valence-electron chi connectivity index (χ0n) is 10.5. The van der Waals surface area contributed by atoms with Crippen molar-refractivity contribution in [3.63, 3.8) is 0 Å². The molecule has 0 radical (unpaired) electrons. The number of morpholine rings is 1. The van der Waals surface area contributed by atoms with E-state index in [1.54, 1.807) is 11.8 Å². The Bertz CT molecular complexity index is 520. The summed E-state index contributed by atoms with van der Waals surface area (Å²) in [4.78, 5) is 25.1. The van der Waals surface area contributed by atoms with Gasteiger partial charge in [0.15, 0.2) is 5.69 Å². The molecular formula is C11H14N4O3S. The van der Waals surface area contributed by atoms with Gasteiger partial charge in [-0.1, -0.05) is 0 Å². The fraction of sp³-hybridized carbons (Fsp3) is 0.636. The van der Waals surface area contributed by atoms with E-state index in [0.717, 1.165) is 18.1 Å². The number of nitrogens with zero attached hydrogens (tertiary/aromatic N) is 3. The van der Waals surface area contributed by atoms with E-state index in [2.05, 4.69) is 14.1 Å². The first kappa shape index (κ1) is 12.5. The van der Waals surface area contributed by atoms with Gasteiger partial charge in [-0.25, -0.2) is 0 Å². The van der Waals surface area contributed by atoms with Gasteiger partial charge in [-0.15, -0.1) is 0 Å². The first-order chi connectivity index (χ1) is 9.10. The molecule has 0 aliphatic carbocycles. The number of hydrogen-bond acceptors (Lipinski definition) is 6. The molecule has 3 heterocycles. The largest absolute Gasteiger partial charge is 0.361 e. The Morgan fingerprint density at radius 2 is 2.37 bits per heavy atom. The van der Waals surface area contributed by atoms with Gasteiger partial charge < -0.3 is 15.0 Å². The molecule has 0 aromatic carbocycles. The molecule has 8 heteroatoms. The van der Waals surface area contributed by atoms with Gasteiger partial charge >= 0.3 is 0 Å². The molecule has 1 atom stereocenters. The minimum Gasteiger partial charge on any atom is -0.361 e. The second-order valence-electron chi connectivity index (χ2n) is 4.92. The van der Waals surface area contributed by atoms with E-state index in [9.17, 15) is 9.59 Å². The number of amides is 2. The second kappa shape index (κ2) is 4.53. The van der Waals surface area contributed by atoms with E-state index in [4.69, 9.17) is 4.74 Å². The third-order valence-corrected chi connectivity index (χ3v) is 4.20. The highest BCUT2D eigenvalue weighted by molar-refractivity contribution is 6.99. The van der Waals surface area contributed by atoms with Gasteiger partial charge in [0.1, 0.15) is 12.2 Å². The van der Waals surface area contributed by atoms with Crippen LogP contribution in [-0.2, 0) is 9.53 Å². The predicted molar refractivity (Wildman–Crippen MR) is 66.9 cm³/mol. The fourth-order valence-electron chi connectivity index (χ4n) is 2.44. The molecule has 102 valence electrons. The van der Waals surface area contributed by atoms with Crippen molar-refractivity contribution in [1.29, 1.82) is 0 Å². The van der Waals surface area contributed by atoms with E-state index in [-0.39, 0.29) is 18.4 Å². The smallest absolute Gasteiger partial charge is 0.275 e. The summed E-state index contributed by atoms with van der Waals surface area (Å²) in [5.74, 6) is -0.210. The molecular weight excluding hydrogens is 268 g/mol. The van der Waals surface area contributed by atoms with Gasteiger partial charge in [0.2, 0.25) is 5.91 Å². The molecule has 19 heavy (non-hydrogen) atoms. The van der Waals surface area contributed by atoms with Gasteiger partial charge in [-0.05, 0) is 13.3 Å². The topological polar surface area (TPSA) is 84.4 Å². The highest BCUT2D eigenvalue weighted by atomic mass is 32.1. The first-order valence-corrected chi connectivity index (χ1v) is 6.82. The Labute approximate surface area is 114 Å². The van der Waals surface area contributed by atoms with Gasteiger partial charge in [-0.2, -0.15) is 8.75 Å². The molecule has 2 fully saturated rings. The molecule has 1 aromatic rings. The number of ether oxygens (including phenoxy) is 1. The summed E-state index contributed by atoms with van der Waals surface area (Å²) < 4.78 is 13.7. The van der Waals surface area contributed by atoms with Crippen molar-refractivity contribution < 1.29 is 14.3 Å². The van der Waals surface area contributed by atoms with E-state index >= 15 is 0 Å². The van der Waals surface area contributed by atoms with Crippen molar-refractivity contribution in [2.45, 2.75) is 18.9 Å². The molecule has 1 aromatic heterocycles. The zero-order chi connectivity index (χ0) is 13.5. The lowest BCUT2D eigenvalue weighted by molar-refractivity contribution is -0.141. The van der Waals surface area contributed by atoms with Crippen LogP contribution in [0.2, 0.25) is 0 Å². The van der Waals surface area contributed by atoms with Crippen LogP contribution in [0.5, 0.6) is 0 Å². The zero-order valence-corrected chi connectivity index (χ0v) is 11.3. The summed E-state index contributed by atoms with van der Waals surface area (Å²) in [7, 11) is 0. The number of nitrogens with one attached hydrogen (secondary N) is 1. The minimum atomic E-state index is -0.430. The van der Waals surface area contributed by atoms with E-state index in [1.807, 2.05) is 0 Å². The van der Waals surface area contributed by atoms with Crippen LogP contribution in [-0.4, -0.2) is 57.3 Å². The summed E-state index contributed by atoms with van der Waals surface area (Å²) in [5, 5.41) is 2.79. The lowest BCUT2D eigenvalue weighted by atomic mass is 10.0. The molecule has 1 unspecified atom stereocenters. The molecule has 0 bridgehead atoms. The number of likely N-dealkylation sites (tertiary alicyclic amines) is 1. The van der Waals surface area contributed by atoms with Gasteiger partial charge in [0.25, 0.3) is 5.91 Å². The molecule has 2 aliphatic heterocycles. The van der Waals surface area contributed by atoms with Crippen molar-refractivity contribution in [3.05, 3.63) is 11.4 Å². The normalized spacial score (nSPS) is 26.8. The third kappa shape index (κ3) is 2.21. The monoisotopic (exact) mass is 282 g/mol. The van der Waals surface area contributed by atoms with Crippen LogP contribution in [0.4, 0.5) is 0 Å². The second-order valence-corrected chi connectivity index (χ2v) is 5.45. The highest BCUT2D eigenvalue weighted by Crippen LogP contribution is 2.28. The fourth-order valence-corrected chi connectivity index (χ4v) is 2.98. The van der Waals surface area contributed by atoms with Crippen LogP contribution in [0.1, 0.15) is 22.6 Å². The maximum absolute atomic E-state index is 12.3. The van der Waals surface area contributed by atoms with E-state index in [0.29, 0.717) is 31.0 Å². The summed E-state index contributed by atoms with van der Waals surface area (Å²) >= 11 is 1.04. The summed E-state index contributed by atoms with van der Waals surface area (Å²) in [6.45, 7) is 3.41. The lowest BCUT2D eigenvalue weighted by Gasteiger charge is -2.33. The maximum Gasteiger partial charge on any atom is 0.275 e. The van der Waals surface area contributed by atoms with Crippen LogP contribution in [0, 0.1) is 6.92 Å². The number of aromatic nitrogens is 2. The predicted octanol–water partition coefficient (Wildman–Crippen LogP) is -0.422. The minimum absolute atomic E-state index is 0.0688. The average Bonchev–Trinajstić information content (AvgIpc) is 3.00. The Balaban J connectivity index is 1.71. The van der Waals surface area contributed by atoms with Crippen LogP contribution in [0.15, 0.2) is 0 Å². The third-order valence-electron chi connectivity index (χ3n) is 3.58. The van der Waals surface area contributed by atoms with Crippen molar-refractivity contribution >= 4 is 23.5 Å². The SMILES string of the molecule is Cc1nsnc1C(=O)N1CCC2(CNC(=O)CO2)C1.